The van der Waals surface area contributed by atoms with Crippen molar-refractivity contribution in [3.05, 3.63) is 81.4 Å². The van der Waals surface area contributed by atoms with Crippen molar-refractivity contribution < 1.29 is 4.74 Å². The third-order valence-corrected chi connectivity index (χ3v) is 7.40. The van der Waals surface area contributed by atoms with E-state index in [9.17, 15) is 4.79 Å². The first-order valence-corrected chi connectivity index (χ1v) is 13.6. The number of aryl methyl sites for hydroxylation is 1. The Labute approximate surface area is 225 Å². The third kappa shape index (κ3) is 6.13. The highest BCUT2D eigenvalue weighted by molar-refractivity contribution is 5.80. The van der Waals surface area contributed by atoms with E-state index in [0.717, 1.165) is 48.3 Å². The highest BCUT2D eigenvalue weighted by Crippen LogP contribution is 2.29. The molecule has 0 saturated heterocycles. The molecule has 202 valence electrons. The molecule has 2 aromatic carbocycles. The molecule has 4 aromatic rings. The maximum atomic E-state index is 13.2. The number of benzene rings is 2. The minimum absolute atomic E-state index is 0.0505. The zero-order chi connectivity index (χ0) is 27.3. The Kier molecular flexibility index (Phi) is 8.62. The van der Waals surface area contributed by atoms with Crippen molar-refractivity contribution in [3.63, 3.8) is 0 Å². The molecule has 0 radical (unpaired) electrons. The van der Waals surface area contributed by atoms with Crippen LogP contribution in [0.5, 0.6) is 5.75 Å². The first-order chi connectivity index (χ1) is 18.2. The van der Waals surface area contributed by atoms with Crippen molar-refractivity contribution >= 4 is 10.9 Å². The third-order valence-electron chi connectivity index (χ3n) is 7.40. The Morgan fingerprint density at radius 2 is 1.92 bits per heavy atom. The van der Waals surface area contributed by atoms with Crippen LogP contribution in [0.2, 0.25) is 0 Å². The number of ether oxygens (including phenoxy) is 1. The fourth-order valence-electron chi connectivity index (χ4n) is 4.89. The molecule has 2 heterocycles. The maximum Gasteiger partial charge on any atom is 0.252 e. The SMILES string of the molecule is CCOc1ccc2[nH]c(=O)c(CN(CCc3cccc(C)c3)C(CC)c3nnnn3C(C)(C)CC)cc2c1. The highest BCUT2D eigenvalue weighted by Gasteiger charge is 2.31. The van der Waals surface area contributed by atoms with Crippen LogP contribution in [0, 0.1) is 6.92 Å². The lowest BCUT2D eigenvalue weighted by molar-refractivity contribution is 0.160. The van der Waals surface area contributed by atoms with E-state index in [0.29, 0.717) is 18.7 Å². The molecule has 4 rings (SSSR count). The number of aromatic amines is 1. The second-order valence-corrected chi connectivity index (χ2v) is 10.6. The second-order valence-electron chi connectivity index (χ2n) is 10.6. The minimum atomic E-state index is -0.218. The molecule has 8 nitrogen and oxygen atoms in total. The van der Waals surface area contributed by atoms with Gasteiger partial charge in [0.25, 0.3) is 5.56 Å². The van der Waals surface area contributed by atoms with Gasteiger partial charge in [0.2, 0.25) is 0 Å². The summed E-state index contributed by atoms with van der Waals surface area (Å²) in [5.41, 5.74) is 3.73. The van der Waals surface area contributed by atoms with Gasteiger partial charge in [0.1, 0.15) is 5.75 Å². The number of nitrogens with one attached hydrogen (secondary N) is 1. The molecule has 8 heteroatoms. The van der Waals surface area contributed by atoms with Crippen molar-refractivity contribution in [1.82, 2.24) is 30.1 Å². The molecule has 2 aromatic heterocycles. The van der Waals surface area contributed by atoms with Gasteiger partial charge in [-0.15, -0.1) is 5.10 Å². The van der Waals surface area contributed by atoms with Gasteiger partial charge in [-0.2, -0.15) is 0 Å². The number of aromatic nitrogens is 5. The molecule has 0 fully saturated rings. The molecule has 1 atom stereocenters. The summed E-state index contributed by atoms with van der Waals surface area (Å²) in [7, 11) is 0. The lowest BCUT2D eigenvalue weighted by Gasteiger charge is -2.33. The summed E-state index contributed by atoms with van der Waals surface area (Å²) >= 11 is 0. The Hall–Kier alpha value is -3.52. The smallest absolute Gasteiger partial charge is 0.252 e. The summed E-state index contributed by atoms with van der Waals surface area (Å²) in [6, 6.07) is 16.3. The number of H-pyrrole nitrogens is 1. The minimum Gasteiger partial charge on any atom is -0.494 e. The highest BCUT2D eigenvalue weighted by atomic mass is 16.5. The van der Waals surface area contributed by atoms with Crippen molar-refractivity contribution in [2.24, 2.45) is 0 Å². The van der Waals surface area contributed by atoms with Crippen LogP contribution in [0.1, 0.15) is 76.0 Å². The summed E-state index contributed by atoms with van der Waals surface area (Å²) in [5, 5.41) is 13.9. The number of nitrogens with zero attached hydrogens (tertiary/aromatic N) is 5. The van der Waals surface area contributed by atoms with E-state index < -0.39 is 0 Å². The van der Waals surface area contributed by atoms with E-state index in [2.05, 4.69) is 84.3 Å². The van der Waals surface area contributed by atoms with Crippen LogP contribution in [0.15, 0.2) is 53.3 Å². The first kappa shape index (κ1) is 27.5. The summed E-state index contributed by atoms with van der Waals surface area (Å²) in [5.74, 6) is 1.63. The number of fused-ring (bicyclic) bond motifs is 1. The monoisotopic (exact) mass is 516 g/mol. The number of tetrazole rings is 1. The molecule has 0 bridgehead atoms. The van der Waals surface area contributed by atoms with E-state index in [1.807, 2.05) is 35.9 Å². The van der Waals surface area contributed by atoms with Crippen LogP contribution >= 0.6 is 0 Å². The van der Waals surface area contributed by atoms with Gasteiger partial charge in [-0.25, -0.2) is 4.68 Å². The molecular weight excluding hydrogens is 476 g/mol. The molecule has 0 aliphatic rings. The average Bonchev–Trinajstić information content (AvgIpc) is 3.39. The quantitative estimate of drug-likeness (QED) is 0.265. The molecular formula is C30H40N6O2. The topological polar surface area (TPSA) is 88.9 Å². The van der Waals surface area contributed by atoms with Gasteiger partial charge in [0.05, 0.1) is 18.2 Å². The fraction of sp³-hybridized carbons (Fsp3) is 0.467. The normalized spacial score (nSPS) is 12.8. The van der Waals surface area contributed by atoms with Crippen LogP contribution < -0.4 is 10.3 Å². The van der Waals surface area contributed by atoms with Gasteiger partial charge in [-0.1, -0.05) is 43.7 Å². The summed E-state index contributed by atoms with van der Waals surface area (Å²) < 4.78 is 7.65. The zero-order valence-corrected chi connectivity index (χ0v) is 23.5. The van der Waals surface area contributed by atoms with Gasteiger partial charge in [-0.05, 0) is 87.2 Å². The van der Waals surface area contributed by atoms with Crippen molar-refractivity contribution in [2.75, 3.05) is 13.2 Å². The molecule has 0 saturated carbocycles. The number of pyridine rings is 1. The molecule has 38 heavy (non-hydrogen) atoms. The molecule has 0 amide bonds. The van der Waals surface area contributed by atoms with E-state index in [4.69, 9.17) is 4.74 Å². The molecule has 0 spiro atoms. The molecule has 1 N–H and O–H groups in total. The van der Waals surface area contributed by atoms with Gasteiger partial charge in [-0.3, -0.25) is 9.69 Å². The van der Waals surface area contributed by atoms with Crippen LogP contribution in [0.25, 0.3) is 10.9 Å². The number of hydrogen-bond donors (Lipinski definition) is 1. The molecule has 0 aliphatic heterocycles. The van der Waals surface area contributed by atoms with Gasteiger partial charge in [0, 0.05) is 29.6 Å². The van der Waals surface area contributed by atoms with Gasteiger partial charge in [0.15, 0.2) is 5.82 Å². The van der Waals surface area contributed by atoms with Crippen LogP contribution in [-0.4, -0.2) is 43.2 Å². The standard InChI is InChI=1S/C30H40N6O2/c1-7-27(28-32-33-34-36(28)30(5,6)8-2)35(16-15-22-12-10-11-21(4)17-22)20-24-18-23-19-25(38-9-3)13-14-26(23)31-29(24)37/h10-14,17-19,27H,7-9,15-16,20H2,1-6H3,(H,31,37). The summed E-state index contributed by atoms with van der Waals surface area (Å²) in [4.78, 5) is 18.6. The van der Waals surface area contributed by atoms with Crippen LogP contribution in [0.3, 0.4) is 0 Å². The van der Waals surface area contributed by atoms with Crippen molar-refractivity contribution in [2.45, 2.75) is 78.9 Å². The molecule has 1 unspecified atom stereocenters. The summed E-state index contributed by atoms with van der Waals surface area (Å²) in [6.45, 7) is 14.5. The Morgan fingerprint density at radius 3 is 2.63 bits per heavy atom. The van der Waals surface area contributed by atoms with Crippen LogP contribution in [0.4, 0.5) is 0 Å². The largest absolute Gasteiger partial charge is 0.494 e. The predicted octanol–water partition coefficient (Wildman–Crippen LogP) is 5.56. The average molecular weight is 517 g/mol. The maximum absolute atomic E-state index is 13.2. The zero-order valence-electron chi connectivity index (χ0n) is 23.5. The Balaban J connectivity index is 1.73. The van der Waals surface area contributed by atoms with E-state index in [-0.39, 0.29) is 17.1 Å². The lowest BCUT2D eigenvalue weighted by Crippen LogP contribution is -2.37. The Morgan fingerprint density at radius 1 is 1.11 bits per heavy atom. The van der Waals surface area contributed by atoms with Gasteiger partial charge >= 0.3 is 0 Å². The van der Waals surface area contributed by atoms with E-state index in [1.54, 1.807) is 0 Å². The van der Waals surface area contributed by atoms with E-state index in [1.165, 1.54) is 11.1 Å². The first-order valence-electron chi connectivity index (χ1n) is 13.6. The van der Waals surface area contributed by atoms with Crippen molar-refractivity contribution in [3.8, 4) is 5.75 Å². The Bertz CT molecular complexity index is 1420. The van der Waals surface area contributed by atoms with Gasteiger partial charge < -0.3 is 9.72 Å². The van der Waals surface area contributed by atoms with E-state index >= 15 is 0 Å². The second kappa shape index (κ2) is 11.9. The lowest BCUT2D eigenvalue weighted by atomic mass is 10.0. The van der Waals surface area contributed by atoms with Crippen LogP contribution in [-0.2, 0) is 18.5 Å². The number of rotatable bonds is 12. The number of hydrogen-bond acceptors (Lipinski definition) is 6. The van der Waals surface area contributed by atoms with Crippen molar-refractivity contribution in [1.29, 1.82) is 0 Å². The molecule has 0 aliphatic carbocycles. The predicted molar refractivity (Wildman–Crippen MR) is 151 cm³/mol. The summed E-state index contributed by atoms with van der Waals surface area (Å²) in [6.07, 6.45) is 2.57. The fourth-order valence-corrected chi connectivity index (χ4v) is 4.89.